The predicted molar refractivity (Wildman–Crippen MR) is 79.0 cm³/mol. The molecule has 0 saturated heterocycles. The van der Waals surface area contributed by atoms with Crippen LogP contribution in [0.1, 0.15) is 35.9 Å². The summed E-state index contributed by atoms with van der Waals surface area (Å²) in [5.74, 6) is -0.404. The highest BCUT2D eigenvalue weighted by molar-refractivity contribution is 6.22. The van der Waals surface area contributed by atoms with Gasteiger partial charge in [0.1, 0.15) is 17.4 Å². The third-order valence-electron chi connectivity index (χ3n) is 3.79. The summed E-state index contributed by atoms with van der Waals surface area (Å²) in [5.41, 5.74) is 2.20. The Morgan fingerprint density at radius 1 is 1.05 bits per heavy atom. The largest absolute Gasteiger partial charge is 0.492 e. The van der Waals surface area contributed by atoms with E-state index in [1.165, 1.54) is 12.1 Å². The second-order valence-electron chi connectivity index (χ2n) is 5.99. The van der Waals surface area contributed by atoms with E-state index in [1.807, 2.05) is 18.2 Å². The van der Waals surface area contributed by atoms with Crippen molar-refractivity contribution in [2.24, 2.45) is 0 Å². The van der Waals surface area contributed by atoms with Gasteiger partial charge < -0.3 is 4.74 Å². The Morgan fingerprint density at radius 2 is 1.71 bits per heavy atom. The van der Waals surface area contributed by atoms with Crippen LogP contribution in [0.3, 0.4) is 0 Å². The molecule has 21 heavy (non-hydrogen) atoms. The first-order chi connectivity index (χ1) is 9.87. The van der Waals surface area contributed by atoms with Crippen molar-refractivity contribution in [1.82, 2.24) is 0 Å². The maximum atomic E-state index is 13.3. The van der Waals surface area contributed by atoms with Crippen molar-refractivity contribution in [2.75, 3.05) is 6.61 Å². The van der Waals surface area contributed by atoms with Gasteiger partial charge in [0.15, 0.2) is 0 Å². The zero-order valence-corrected chi connectivity index (χ0v) is 12.5. The molecule has 0 aliphatic carbocycles. The van der Waals surface area contributed by atoms with Gasteiger partial charge in [0, 0.05) is 17.0 Å². The van der Waals surface area contributed by atoms with Gasteiger partial charge in [0.2, 0.25) is 0 Å². The minimum absolute atomic E-state index is 0.0882. The summed E-state index contributed by atoms with van der Waals surface area (Å²) < 4.78 is 32.3. The molecule has 1 nitrogen and oxygen atoms in total. The molecular weight excluding hydrogens is 294 g/mol. The molecule has 0 radical (unpaired) electrons. The summed E-state index contributed by atoms with van der Waals surface area (Å²) in [7, 11) is 0. The summed E-state index contributed by atoms with van der Waals surface area (Å²) in [6.45, 7) is 4.80. The van der Waals surface area contributed by atoms with Crippen molar-refractivity contribution >= 4 is 11.6 Å². The van der Waals surface area contributed by atoms with Crippen LogP contribution >= 0.6 is 11.6 Å². The fourth-order valence-corrected chi connectivity index (χ4v) is 2.87. The first kappa shape index (κ1) is 14.3. The normalized spacial score (nSPS) is 17.2. The molecule has 0 fully saturated rings. The fourth-order valence-electron chi connectivity index (χ4n) is 2.61. The van der Waals surface area contributed by atoms with E-state index < -0.39 is 17.0 Å². The smallest absolute Gasteiger partial charge is 0.126 e. The number of fused-ring (bicyclic) bond motifs is 1. The number of hydrogen-bond acceptors (Lipinski definition) is 1. The number of halogens is 3. The van der Waals surface area contributed by atoms with Crippen molar-refractivity contribution in [1.29, 1.82) is 0 Å². The van der Waals surface area contributed by atoms with Crippen LogP contribution < -0.4 is 4.74 Å². The Labute approximate surface area is 127 Å². The van der Waals surface area contributed by atoms with Crippen LogP contribution in [0.25, 0.3) is 0 Å². The highest BCUT2D eigenvalue weighted by atomic mass is 35.5. The summed E-state index contributed by atoms with van der Waals surface area (Å²) in [6, 6.07) is 9.02. The SMILES string of the molecule is CC1(C)COc2ccc(C(Cl)c3cc(F)cc(F)c3)cc21. The van der Waals surface area contributed by atoms with Crippen LogP contribution in [0, 0.1) is 11.6 Å². The highest BCUT2D eigenvalue weighted by Crippen LogP contribution is 2.41. The van der Waals surface area contributed by atoms with Crippen molar-refractivity contribution in [3.8, 4) is 5.75 Å². The maximum absolute atomic E-state index is 13.3. The predicted octanol–water partition coefficient (Wildman–Crippen LogP) is 4.96. The number of alkyl halides is 1. The van der Waals surface area contributed by atoms with Crippen LogP contribution in [-0.4, -0.2) is 6.61 Å². The molecule has 0 saturated carbocycles. The number of benzene rings is 2. The summed E-state index contributed by atoms with van der Waals surface area (Å²) in [5, 5.41) is -0.600. The lowest BCUT2D eigenvalue weighted by atomic mass is 9.85. The molecule has 0 spiro atoms. The molecule has 0 N–H and O–H groups in total. The van der Waals surface area contributed by atoms with Crippen molar-refractivity contribution in [3.05, 3.63) is 64.7 Å². The van der Waals surface area contributed by atoms with Gasteiger partial charge in [0.05, 0.1) is 12.0 Å². The molecular formula is C17H15ClF2O. The molecule has 1 aliphatic rings. The van der Waals surface area contributed by atoms with Crippen LogP contribution in [0.2, 0.25) is 0 Å². The first-order valence-electron chi connectivity index (χ1n) is 6.74. The molecule has 1 aliphatic heterocycles. The molecule has 1 heterocycles. The molecule has 2 aromatic carbocycles. The third kappa shape index (κ3) is 2.62. The van der Waals surface area contributed by atoms with E-state index in [2.05, 4.69) is 13.8 Å². The van der Waals surface area contributed by atoms with Gasteiger partial charge in [-0.25, -0.2) is 8.78 Å². The Balaban J connectivity index is 2.01. The zero-order valence-electron chi connectivity index (χ0n) is 11.8. The monoisotopic (exact) mass is 308 g/mol. The molecule has 4 heteroatoms. The van der Waals surface area contributed by atoms with E-state index >= 15 is 0 Å². The Hall–Kier alpha value is -1.61. The summed E-state index contributed by atoms with van der Waals surface area (Å²) in [6.07, 6.45) is 0. The van der Waals surface area contributed by atoms with Crippen LogP contribution in [0.5, 0.6) is 5.75 Å². The van der Waals surface area contributed by atoms with Gasteiger partial charge in [-0.3, -0.25) is 0 Å². The number of ether oxygens (including phenoxy) is 1. The van der Waals surface area contributed by atoms with E-state index in [0.29, 0.717) is 12.2 Å². The maximum Gasteiger partial charge on any atom is 0.126 e. The topological polar surface area (TPSA) is 9.23 Å². The van der Waals surface area contributed by atoms with Crippen molar-refractivity contribution in [3.63, 3.8) is 0 Å². The molecule has 0 bridgehead atoms. The van der Waals surface area contributed by atoms with Gasteiger partial charge in [0.25, 0.3) is 0 Å². The van der Waals surface area contributed by atoms with Crippen LogP contribution in [0.4, 0.5) is 8.78 Å². The van der Waals surface area contributed by atoms with E-state index in [1.54, 1.807) is 0 Å². The van der Waals surface area contributed by atoms with Gasteiger partial charge in [-0.15, -0.1) is 11.6 Å². The summed E-state index contributed by atoms with van der Waals surface area (Å²) >= 11 is 6.40. The first-order valence-corrected chi connectivity index (χ1v) is 7.18. The van der Waals surface area contributed by atoms with Crippen LogP contribution in [-0.2, 0) is 5.41 Å². The standard InChI is InChI=1S/C17H15ClF2O/c1-17(2)9-21-15-4-3-10(7-14(15)17)16(18)11-5-12(19)8-13(20)6-11/h3-8,16H,9H2,1-2H3. The second kappa shape index (κ2) is 4.99. The second-order valence-corrected chi connectivity index (χ2v) is 6.43. The minimum Gasteiger partial charge on any atom is -0.492 e. The van der Waals surface area contributed by atoms with Crippen LogP contribution in [0.15, 0.2) is 36.4 Å². The third-order valence-corrected chi connectivity index (χ3v) is 4.30. The molecule has 0 amide bonds. The van der Waals surface area contributed by atoms with E-state index in [-0.39, 0.29) is 5.41 Å². The highest BCUT2D eigenvalue weighted by Gasteiger charge is 2.32. The average Bonchev–Trinajstić information content (AvgIpc) is 2.72. The number of rotatable bonds is 2. The molecule has 110 valence electrons. The Morgan fingerprint density at radius 3 is 2.38 bits per heavy atom. The molecule has 2 aromatic rings. The lowest BCUT2D eigenvalue weighted by Gasteiger charge is -2.17. The van der Waals surface area contributed by atoms with E-state index in [0.717, 1.165) is 22.9 Å². The molecule has 0 aromatic heterocycles. The van der Waals surface area contributed by atoms with Gasteiger partial charge in [-0.2, -0.15) is 0 Å². The lowest BCUT2D eigenvalue weighted by Crippen LogP contribution is -2.18. The fraction of sp³-hybridized carbons (Fsp3) is 0.294. The minimum atomic E-state index is -0.625. The van der Waals surface area contributed by atoms with Crippen molar-refractivity contribution in [2.45, 2.75) is 24.6 Å². The quantitative estimate of drug-likeness (QED) is 0.712. The van der Waals surface area contributed by atoms with Crippen molar-refractivity contribution < 1.29 is 13.5 Å². The zero-order chi connectivity index (χ0) is 15.2. The van der Waals surface area contributed by atoms with Gasteiger partial charge >= 0.3 is 0 Å². The molecule has 1 atom stereocenters. The van der Waals surface area contributed by atoms with Gasteiger partial charge in [-0.1, -0.05) is 19.9 Å². The average molecular weight is 309 g/mol. The van der Waals surface area contributed by atoms with E-state index in [9.17, 15) is 8.78 Å². The Bertz CT molecular complexity index is 677. The van der Waals surface area contributed by atoms with Gasteiger partial charge in [-0.05, 0) is 35.4 Å². The Kier molecular flexibility index (Phi) is 3.40. The summed E-state index contributed by atoms with van der Waals surface area (Å²) in [4.78, 5) is 0. The molecule has 1 unspecified atom stereocenters. The number of hydrogen-bond donors (Lipinski definition) is 0. The molecule has 3 rings (SSSR count). The van der Waals surface area contributed by atoms with E-state index in [4.69, 9.17) is 16.3 Å². The lowest BCUT2D eigenvalue weighted by molar-refractivity contribution is 0.291.